The molecule has 2 amide bonds. The minimum absolute atomic E-state index is 0.0169. The van der Waals surface area contributed by atoms with Crippen molar-refractivity contribution in [2.24, 2.45) is 11.8 Å². The Labute approximate surface area is 149 Å². The molecule has 2 aliphatic rings. The van der Waals surface area contributed by atoms with Crippen molar-refractivity contribution in [2.45, 2.75) is 38.7 Å². The molecule has 0 radical (unpaired) electrons. The quantitative estimate of drug-likeness (QED) is 0.915. The minimum atomic E-state index is -1.11. The van der Waals surface area contributed by atoms with Gasteiger partial charge in [-0.25, -0.2) is 0 Å². The van der Waals surface area contributed by atoms with Gasteiger partial charge in [-0.1, -0.05) is 37.3 Å². The van der Waals surface area contributed by atoms with Gasteiger partial charge in [0, 0.05) is 32.1 Å². The lowest BCUT2D eigenvalue weighted by Crippen LogP contribution is -2.47. The summed E-state index contributed by atoms with van der Waals surface area (Å²) in [5.41, 5.74) is 0.619. The van der Waals surface area contributed by atoms with E-state index in [-0.39, 0.29) is 17.7 Å². The average molecular weight is 344 g/mol. The number of nitrogens with zero attached hydrogens (tertiary/aromatic N) is 2. The van der Waals surface area contributed by atoms with E-state index in [9.17, 15) is 14.7 Å². The fraction of sp³-hybridized carbons (Fsp3) is 0.600. The summed E-state index contributed by atoms with van der Waals surface area (Å²) >= 11 is 0. The maximum Gasteiger partial charge on any atom is 0.256 e. The Morgan fingerprint density at radius 1 is 1.04 bits per heavy atom. The van der Waals surface area contributed by atoms with E-state index >= 15 is 0 Å². The lowest BCUT2D eigenvalue weighted by atomic mass is 9.92. The van der Waals surface area contributed by atoms with E-state index in [1.165, 1.54) is 6.42 Å². The van der Waals surface area contributed by atoms with E-state index in [0.29, 0.717) is 37.4 Å². The molecule has 5 heteroatoms. The smallest absolute Gasteiger partial charge is 0.256 e. The molecular formula is C20H28N2O3. The van der Waals surface area contributed by atoms with Crippen LogP contribution in [0.1, 0.15) is 44.3 Å². The van der Waals surface area contributed by atoms with Crippen molar-refractivity contribution in [3.63, 3.8) is 0 Å². The molecule has 2 unspecified atom stereocenters. The molecule has 1 N–H and O–H groups in total. The Hall–Kier alpha value is -1.88. The molecule has 2 fully saturated rings. The largest absolute Gasteiger partial charge is 0.378 e. The highest BCUT2D eigenvalue weighted by molar-refractivity contribution is 5.83. The van der Waals surface area contributed by atoms with Crippen LogP contribution in [0.2, 0.25) is 0 Å². The summed E-state index contributed by atoms with van der Waals surface area (Å²) in [6, 6.07) is 9.01. The summed E-state index contributed by atoms with van der Waals surface area (Å²) in [6.07, 6.45) is 2.56. The first-order valence-corrected chi connectivity index (χ1v) is 9.37. The first-order chi connectivity index (χ1) is 12.1. The lowest BCUT2D eigenvalue weighted by molar-refractivity contribution is -0.146. The van der Waals surface area contributed by atoms with Gasteiger partial charge in [0.1, 0.15) is 0 Å². The van der Waals surface area contributed by atoms with E-state index < -0.39 is 6.10 Å². The van der Waals surface area contributed by atoms with Crippen LogP contribution in [0.5, 0.6) is 0 Å². The monoisotopic (exact) mass is 344 g/mol. The molecule has 136 valence electrons. The van der Waals surface area contributed by atoms with Gasteiger partial charge in [-0.05, 0) is 37.2 Å². The number of aliphatic hydroxyl groups excluding tert-OH is 1. The lowest BCUT2D eigenvalue weighted by Gasteiger charge is -2.37. The number of hydrogen-bond donors (Lipinski definition) is 1. The zero-order valence-corrected chi connectivity index (χ0v) is 14.9. The molecule has 3 rings (SSSR count). The van der Waals surface area contributed by atoms with Gasteiger partial charge in [0.05, 0.1) is 0 Å². The Morgan fingerprint density at radius 2 is 1.72 bits per heavy atom. The number of rotatable bonds is 3. The number of amides is 2. The second kappa shape index (κ2) is 8.00. The number of aliphatic hydroxyl groups is 1. The second-order valence-corrected chi connectivity index (χ2v) is 7.44. The third-order valence-electron chi connectivity index (χ3n) is 5.47. The van der Waals surface area contributed by atoms with Crippen molar-refractivity contribution in [3.05, 3.63) is 35.9 Å². The van der Waals surface area contributed by atoms with Crippen LogP contribution < -0.4 is 0 Å². The van der Waals surface area contributed by atoms with Crippen LogP contribution in [0.4, 0.5) is 0 Å². The fourth-order valence-corrected chi connectivity index (χ4v) is 3.95. The molecular weight excluding hydrogens is 316 g/mol. The van der Waals surface area contributed by atoms with Crippen molar-refractivity contribution in [3.8, 4) is 0 Å². The maximum absolute atomic E-state index is 12.7. The summed E-state index contributed by atoms with van der Waals surface area (Å²) in [5, 5.41) is 10.3. The Kier molecular flexibility index (Phi) is 5.74. The van der Waals surface area contributed by atoms with Crippen LogP contribution in [-0.2, 0) is 9.59 Å². The molecule has 0 spiro atoms. The van der Waals surface area contributed by atoms with E-state index in [4.69, 9.17) is 0 Å². The third-order valence-corrected chi connectivity index (χ3v) is 5.47. The molecule has 0 saturated carbocycles. The van der Waals surface area contributed by atoms with Gasteiger partial charge in [0.25, 0.3) is 5.91 Å². The van der Waals surface area contributed by atoms with Gasteiger partial charge >= 0.3 is 0 Å². The zero-order chi connectivity index (χ0) is 17.8. The Bertz CT molecular complexity index is 596. The predicted octanol–water partition coefficient (Wildman–Crippen LogP) is 2.22. The molecule has 2 atom stereocenters. The molecule has 25 heavy (non-hydrogen) atoms. The van der Waals surface area contributed by atoms with Crippen LogP contribution in [0, 0.1) is 11.8 Å². The van der Waals surface area contributed by atoms with Gasteiger partial charge in [-0.15, -0.1) is 0 Å². The van der Waals surface area contributed by atoms with Crippen LogP contribution >= 0.6 is 0 Å². The number of carbonyl (C=O) groups is 2. The molecule has 1 aromatic carbocycles. The summed E-state index contributed by atoms with van der Waals surface area (Å²) < 4.78 is 0. The van der Waals surface area contributed by atoms with Crippen molar-refractivity contribution in [1.82, 2.24) is 9.80 Å². The first kappa shape index (κ1) is 17.9. The standard InChI is InChI=1S/C20H28N2O3/c1-15-6-5-11-22(14-15)19(24)17-9-12-21(13-10-17)20(25)18(23)16-7-3-2-4-8-16/h2-4,7-8,15,17-18,23H,5-6,9-14H2,1H3. The molecule has 1 aromatic rings. The average Bonchev–Trinajstić information content (AvgIpc) is 2.67. The Morgan fingerprint density at radius 3 is 2.36 bits per heavy atom. The van der Waals surface area contributed by atoms with Crippen molar-refractivity contribution >= 4 is 11.8 Å². The van der Waals surface area contributed by atoms with Crippen molar-refractivity contribution in [1.29, 1.82) is 0 Å². The number of carbonyl (C=O) groups excluding carboxylic acids is 2. The highest BCUT2D eigenvalue weighted by Gasteiger charge is 2.33. The predicted molar refractivity (Wildman–Crippen MR) is 95.7 cm³/mol. The summed E-state index contributed by atoms with van der Waals surface area (Å²) in [4.78, 5) is 28.9. The van der Waals surface area contributed by atoms with Gasteiger partial charge in [0.2, 0.25) is 5.91 Å². The molecule has 0 aliphatic carbocycles. The highest BCUT2D eigenvalue weighted by atomic mass is 16.3. The normalized spacial score (nSPS) is 23.4. The third kappa shape index (κ3) is 4.21. The molecule has 2 aliphatic heterocycles. The second-order valence-electron chi connectivity index (χ2n) is 7.44. The number of piperidine rings is 2. The fourth-order valence-electron chi connectivity index (χ4n) is 3.95. The summed E-state index contributed by atoms with van der Waals surface area (Å²) in [5.74, 6) is 0.592. The van der Waals surface area contributed by atoms with Gasteiger partial charge in [-0.3, -0.25) is 9.59 Å². The van der Waals surface area contributed by atoms with Gasteiger partial charge < -0.3 is 14.9 Å². The molecule has 0 bridgehead atoms. The van der Waals surface area contributed by atoms with E-state index in [2.05, 4.69) is 6.92 Å². The van der Waals surface area contributed by atoms with E-state index in [0.717, 1.165) is 19.5 Å². The Balaban J connectivity index is 1.53. The summed E-state index contributed by atoms with van der Waals surface area (Å²) in [6.45, 7) is 5.02. The minimum Gasteiger partial charge on any atom is -0.378 e. The molecule has 2 heterocycles. The van der Waals surface area contributed by atoms with Gasteiger partial charge in [0.15, 0.2) is 6.10 Å². The number of hydrogen-bond acceptors (Lipinski definition) is 3. The maximum atomic E-state index is 12.7. The molecule has 0 aromatic heterocycles. The highest BCUT2D eigenvalue weighted by Crippen LogP contribution is 2.25. The van der Waals surface area contributed by atoms with E-state index in [1.807, 2.05) is 23.1 Å². The van der Waals surface area contributed by atoms with Crippen LogP contribution in [0.15, 0.2) is 30.3 Å². The molecule has 2 saturated heterocycles. The molecule has 5 nitrogen and oxygen atoms in total. The topological polar surface area (TPSA) is 60.9 Å². The number of likely N-dealkylation sites (tertiary alicyclic amines) is 2. The van der Waals surface area contributed by atoms with Crippen LogP contribution in [-0.4, -0.2) is 52.9 Å². The SMILES string of the molecule is CC1CCCN(C(=O)C2CCN(C(=O)C(O)c3ccccc3)CC2)C1. The first-order valence-electron chi connectivity index (χ1n) is 9.37. The van der Waals surface area contributed by atoms with Crippen molar-refractivity contribution < 1.29 is 14.7 Å². The van der Waals surface area contributed by atoms with Crippen molar-refractivity contribution in [2.75, 3.05) is 26.2 Å². The van der Waals surface area contributed by atoms with Crippen LogP contribution in [0.3, 0.4) is 0 Å². The van der Waals surface area contributed by atoms with Crippen LogP contribution in [0.25, 0.3) is 0 Å². The summed E-state index contributed by atoms with van der Waals surface area (Å²) in [7, 11) is 0. The number of benzene rings is 1. The van der Waals surface area contributed by atoms with E-state index in [1.54, 1.807) is 17.0 Å². The van der Waals surface area contributed by atoms with Gasteiger partial charge in [-0.2, -0.15) is 0 Å². The zero-order valence-electron chi connectivity index (χ0n) is 14.9.